The summed E-state index contributed by atoms with van der Waals surface area (Å²) in [6.45, 7) is 6.90. The molecule has 1 spiro atoms. The van der Waals surface area contributed by atoms with Crippen molar-refractivity contribution < 1.29 is 9.53 Å². The first-order valence-electron chi connectivity index (χ1n) is 6.74. The van der Waals surface area contributed by atoms with E-state index in [2.05, 4.69) is 10.6 Å². The van der Waals surface area contributed by atoms with Crippen molar-refractivity contribution in [1.29, 1.82) is 0 Å². The fraction of sp³-hybridized carbons (Fsp3) is 0.923. The smallest absolute Gasteiger partial charge is 0.249 e. The summed E-state index contributed by atoms with van der Waals surface area (Å²) in [6.07, 6.45) is 4.15. The number of hydrogen-bond acceptors (Lipinski definition) is 3. The highest BCUT2D eigenvalue weighted by atomic mass is 16.5. The lowest BCUT2D eigenvalue weighted by molar-refractivity contribution is -0.144. The average molecular weight is 240 g/mol. The molecular weight excluding hydrogens is 216 g/mol. The molecule has 17 heavy (non-hydrogen) atoms. The number of carbonyl (C=O) groups is 1. The predicted octanol–water partition coefficient (Wildman–Crippen LogP) is 1.06. The molecule has 2 aliphatic heterocycles. The van der Waals surface area contributed by atoms with Gasteiger partial charge in [-0.15, -0.1) is 0 Å². The quantitative estimate of drug-likeness (QED) is 0.759. The Labute approximate surface area is 103 Å². The maximum atomic E-state index is 11.8. The lowest BCUT2D eigenvalue weighted by Gasteiger charge is -2.42. The molecule has 2 fully saturated rings. The lowest BCUT2D eigenvalue weighted by Crippen LogP contribution is -2.48. The second kappa shape index (κ2) is 5.36. The molecule has 4 nitrogen and oxygen atoms in total. The molecule has 98 valence electrons. The van der Waals surface area contributed by atoms with Gasteiger partial charge in [-0.25, -0.2) is 0 Å². The number of piperidine rings is 1. The van der Waals surface area contributed by atoms with Crippen LogP contribution in [0.3, 0.4) is 0 Å². The molecular formula is C13H24N2O2. The molecule has 1 amide bonds. The standard InChI is InChI=1S/C13H24N2O2/c1-10(2)15-12(16)11-3-4-13(9-17-11)5-7-14-8-6-13/h10-11,14H,3-9H2,1-2H3,(H,15,16). The third-order valence-corrected chi connectivity index (χ3v) is 3.92. The van der Waals surface area contributed by atoms with E-state index >= 15 is 0 Å². The van der Waals surface area contributed by atoms with Crippen molar-refractivity contribution in [3.63, 3.8) is 0 Å². The van der Waals surface area contributed by atoms with Crippen molar-refractivity contribution in [2.75, 3.05) is 19.7 Å². The topological polar surface area (TPSA) is 50.4 Å². The summed E-state index contributed by atoms with van der Waals surface area (Å²) < 4.78 is 5.79. The van der Waals surface area contributed by atoms with Gasteiger partial charge in [-0.2, -0.15) is 0 Å². The van der Waals surface area contributed by atoms with E-state index in [1.54, 1.807) is 0 Å². The molecule has 0 saturated carbocycles. The summed E-state index contributed by atoms with van der Waals surface area (Å²) in [6, 6.07) is 0.195. The van der Waals surface area contributed by atoms with Gasteiger partial charge < -0.3 is 15.4 Å². The highest BCUT2D eigenvalue weighted by molar-refractivity contribution is 5.81. The van der Waals surface area contributed by atoms with Crippen molar-refractivity contribution in [2.45, 2.75) is 51.7 Å². The molecule has 0 aromatic carbocycles. The Hall–Kier alpha value is -0.610. The van der Waals surface area contributed by atoms with Crippen LogP contribution in [0, 0.1) is 5.41 Å². The van der Waals surface area contributed by atoms with Gasteiger partial charge in [-0.05, 0) is 58.0 Å². The van der Waals surface area contributed by atoms with Crippen molar-refractivity contribution in [3.05, 3.63) is 0 Å². The zero-order valence-corrected chi connectivity index (χ0v) is 10.9. The maximum absolute atomic E-state index is 11.8. The molecule has 0 aromatic rings. The van der Waals surface area contributed by atoms with Crippen LogP contribution in [0.15, 0.2) is 0 Å². The van der Waals surface area contributed by atoms with Crippen molar-refractivity contribution in [2.24, 2.45) is 5.41 Å². The van der Waals surface area contributed by atoms with E-state index in [1.165, 1.54) is 12.8 Å². The first kappa shape index (κ1) is 12.8. The van der Waals surface area contributed by atoms with Crippen LogP contribution in [-0.4, -0.2) is 37.7 Å². The Balaban J connectivity index is 1.82. The van der Waals surface area contributed by atoms with Crippen molar-refractivity contribution in [3.8, 4) is 0 Å². The highest BCUT2D eigenvalue weighted by Gasteiger charge is 2.38. The molecule has 1 unspecified atom stereocenters. The summed E-state index contributed by atoms with van der Waals surface area (Å²) >= 11 is 0. The Kier molecular flexibility index (Phi) is 4.05. The van der Waals surface area contributed by atoms with Gasteiger partial charge in [0.2, 0.25) is 5.91 Å². The molecule has 0 bridgehead atoms. The van der Waals surface area contributed by atoms with Crippen molar-refractivity contribution >= 4 is 5.91 Å². The predicted molar refractivity (Wildman–Crippen MR) is 66.8 cm³/mol. The molecule has 2 rings (SSSR count). The third-order valence-electron chi connectivity index (χ3n) is 3.92. The highest BCUT2D eigenvalue weighted by Crippen LogP contribution is 2.38. The van der Waals surface area contributed by atoms with Gasteiger partial charge in [-0.3, -0.25) is 4.79 Å². The first-order chi connectivity index (χ1) is 8.11. The summed E-state index contributed by atoms with van der Waals surface area (Å²) in [7, 11) is 0. The van der Waals surface area contributed by atoms with Crippen LogP contribution in [0.4, 0.5) is 0 Å². The normalized spacial score (nSPS) is 28.3. The molecule has 2 N–H and O–H groups in total. The summed E-state index contributed by atoms with van der Waals surface area (Å²) in [4.78, 5) is 11.8. The molecule has 0 aliphatic carbocycles. The van der Waals surface area contributed by atoms with Gasteiger partial charge in [0.15, 0.2) is 0 Å². The van der Waals surface area contributed by atoms with E-state index in [9.17, 15) is 4.79 Å². The minimum atomic E-state index is -0.224. The summed E-state index contributed by atoms with van der Waals surface area (Å²) in [5.41, 5.74) is 0.347. The van der Waals surface area contributed by atoms with E-state index in [0.717, 1.165) is 32.5 Å². The Bertz CT molecular complexity index is 263. The van der Waals surface area contributed by atoms with Crippen LogP contribution in [0.5, 0.6) is 0 Å². The molecule has 4 heteroatoms. The van der Waals surface area contributed by atoms with E-state index in [4.69, 9.17) is 4.74 Å². The SMILES string of the molecule is CC(C)NC(=O)C1CCC2(CCNCC2)CO1. The van der Waals surface area contributed by atoms with Crippen LogP contribution in [-0.2, 0) is 9.53 Å². The summed E-state index contributed by atoms with van der Waals surface area (Å²) in [5.74, 6) is 0.0591. The number of carbonyl (C=O) groups excluding carboxylic acids is 1. The first-order valence-corrected chi connectivity index (χ1v) is 6.74. The second-order valence-corrected chi connectivity index (χ2v) is 5.75. The zero-order valence-electron chi connectivity index (χ0n) is 10.9. The van der Waals surface area contributed by atoms with Crippen LogP contribution in [0.2, 0.25) is 0 Å². The van der Waals surface area contributed by atoms with Gasteiger partial charge in [0.25, 0.3) is 0 Å². The lowest BCUT2D eigenvalue weighted by atomic mass is 9.74. The maximum Gasteiger partial charge on any atom is 0.249 e. The molecule has 2 aliphatic rings. The van der Waals surface area contributed by atoms with E-state index in [1.807, 2.05) is 13.8 Å². The van der Waals surface area contributed by atoms with Crippen LogP contribution in [0.25, 0.3) is 0 Å². The number of nitrogens with one attached hydrogen (secondary N) is 2. The fourth-order valence-corrected chi connectivity index (χ4v) is 2.81. The average Bonchev–Trinajstić information content (AvgIpc) is 2.30. The molecule has 2 saturated heterocycles. The van der Waals surface area contributed by atoms with Gasteiger partial charge >= 0.3 is 0 Å². The van der Waals surface area contributed by atoms with E-state index in [0.29, 0.717) is 5.41 Å². The van der Waals surface area contributed by atoms with Gasteiger partial charge in [-0.1, -0.05) is 0 Å². The van der Waals surface area contributed by atoms with Crippen LogP contribution < -0.4 is 10.6 Å². The van der Waals surface area contributed by atoms with Gasteiger partial charge in [0.1, 0.15) is 6.10 Å². The molecule has 2 heterocycles. The number of rotatable bonds is 2. The van der Waals surface area contributed by atoms with Crippen LogP contribution >= 0.6 is 0 Å². The van der Waals surface area contributed by atoms with Gasteiger partial charge in [0.05, 0.1) is 6.61 Å². The largest absolute Gasteiger partial charge is 0.368 e. The molecule has 0 radical (unpaired) electrons. The van der Waals surface area contributed by atoms with Crippen molar-refractivity contribution in [1.82, 2.24) is 10.6 Å². The number of amides is 1. The van der Waals surface area contributed by atoms with E-state index in [-0.39, 0.29) is 18.1 Å². The fourth-order valence-electron chi connectivity index (χ4n) is 2.81. The molecule has 1 atom stereocenters. The number of hydrogen-bond donors (Lipinski definition) is 2. The zero-order chi connectivity index (χ0) is 12.3. The van der Waals surface area contributed by atoms with Crippen LogP contribution in [0.1, 0.15) is 39.5 Å². The Morgan fingerprint density at radius 1 is 1.35 bits per heavy atom. The Morgan fingerprint density at radius 3 is 2.59 bits per heavy atom. The minimum absolute atomic E-state index is 0.0591. The van der Waals surface area contributed by atoms with Gasteiger partial charge in [0, 0.05) is 6.04 Å². The van der Waals surface area contributed by atoms with E-state index < -0.39 is 0 Å². The number of ether oxygens (including phenoxy) is 1. The third kappa shape index (κ3) is 3.19. The summed E-state index contributed by atoms with van der Waals surface area (Å²) in [5, 5.41) is 6.31. The Morgan fingerprint density at radius 2 is 2.06 bits per heavy atom. The second-order valence-electron chi connectivity index (χ2n) is 5.75. The molecule has 0 aromatic heterocycles. The monoisotopic (exact) mass is 240 g/mol. The minimum Gasteiger partial charge on any atom is -0.368 e.